The monoisotopic (exact) mass is 300 g/mol. The van der Waals surface area contributed by atoms with Gasteiger partial charge in [-0.3, -0.25) is 4.79 Å². The number of carbonyl (C=O) groups is 1. The van der Waals surface area contributed by atoms with Crippen LogP contribution in [0.25, 0.3) is 0 Å². The molecule has 0 radical (unpaired) electrons. The van der Waals surface area contributed by atoms with Gasteiger partial charge < -0.3 is 14.6 Å². The topological polar surface area (TPSA) is 45.5 Å². The van der Waals surface area contributed by atoms with Crippen LogP contribution in [0.2, 0.25) is 0 Å². The van der Waals surface area contributed by atoms with Gasteiger partial charge in [0.1, 0.15) is 0 Å². The fraction of sp³-hybridized carbons (Fsp3) is 0.583. The second-order valence-electron chi connectivity index (χ2n) is 4.35. The van der Waals surface area contributed by atoms with Crippen LogP contribution in [0.15, 0.2) is 21.2 Å². The third kappa shape index (κ3) is 3.10. The molecule has 1 atom stereocenters. The summed E-state index contributed by atoms with van der Waals surface area (Å²) in [6.45, 7) is 2.02. The molecule has 17 heavy (non-hydrogen) atoms. The molecule has 1 fully saturated rings. The lowest BCUT2D eigenvalue weighted by molar-refractivity contribution is 0.0687. The normalized spacial score (nSPS) is 20.9. The van der Waals surface area contributed by atoms with E-state index in [0.29, 0.717) is 16.5 Å². The maximum Gasteiger partial charge on any atom is 0.289 e. The lowest BCUT2D eigenvalue weighted by Crippen LogP contribution is -2.37. The Labute approximate surface area is 109 Å². The third-order valence-corrected chi connectivity index (χ3v) is 3.62. The molecule has 0 aliphatic carbocycles. The molecule has 1 amide bonds. The lowest BCUT2D eigenvalue weighted by atomic mass is 10.1. The second-order valence-corrected chi connectivity index (χ2v) is 5.14. The zero-order valence-electron chi connectivity index (χ0n) is 9.91. The summed E-state index contributed by atoms with van der Waals surface area (Å²) in [5.74, 6) is 0.360. The first-order valence-corrected chi connectivity index (χ1v) is 6.71. The van der Waals surface area contributed by atoms with Gasteiger partial charge in [0.05, 0.1) is 0 Å². The molecule has 2 rings (SSSR count). The average Bonchev–Trinajstić information content (AvgIpc) is 2.60. The van der Waals surface area contributed by atoms with E-state index >= 15 is 0 Å². The van der Waals surface area contributed by atoms with Gasteiger partial charge in [0.15, 0.2) is 10.4 Å². The second kappa shape index (κ2) is 5.69. The first-order chi connectivity index (χ1) is 8.18. The molecule has 1 N–H and O–H groups in total. The predicted octanol–water partition coefficient (Wildman–Crippen LogP) is 2.26. The van der Waals surface area contributed by atoms with Crippen molar-refractivity contribution in [2.75, 3.05) is 20.1 Å². The molecule has 5 heteroatoms. The fourth-order valence-corrected chi connectivity index (χ4v) is 2.46. The van der Waals surface area contributed by atoms with Crippen molar-refractivity contribution in [3.63, 3.8) is 0 Å². The molecule has 1 aromatic heterocycles. The van der Waals surface area contributed by atoms with E-state index in [1.54, 1.807) is 17.0 Å². The highest BCUT2D eigenvalue weighted by atomic mass is 79.9. The summed E-state index contributed by atoms with van der Waals surface area (Å²) in [6.07, 6.45) is 3.17. The number of rotatable bonds is 2. The molecule has 2 heterocycles. The number of halogens is 1. The van der Waals surface area contributed by atoms with Gasteiger partial charge in [-0.15, -0.1) is 0 Å². The Morgan fingerprint density at radius 1 is 1.47 bits per heavy atom. The smallest absolute Gasteiger partial charge is 0.289 e. The van der Waals surface area contributed by atoms with E-state index in [0.717, 1.165) is 32.4 Å². The SMILES string of the molecule is CN(C(=O)c1ccc(Br)o1)C1CCCNCC1. The number of nitrogens with zero attached hydrogens (tertiary/aromatic N) is 1. The molecule has 0 aromatic carbocycles. The number of hydrogen-bond acceptors (Lipinski definition) is 3. The molecule has 0 saturated carbocycles. The van der Waals surface area contributed by atoms with Crippen molar-refractivity contribution in [2.24, 2.45) is 0 Å². The van der Waals surface area contributed by atoms with Crippen LogP contribution >= 0.6 is 15.9 Å². The van der Waals surface area contributed by atoms with Gasteiger partial charge in [-0.2, -0.15) is 0 Å². The van der Waals surface area contributed by atoms with Crippen LogP contribution in [0, 0.1) is 0 Å². The van der Waals surface area contributed by atoms with Crippen molar-refractivity contribution in [3.05, 3.63) is 22.6 Å². The van der Waals surface area contributed by atoms with Gasteiger partial charge in [0, 0.05) is 13.1 Å². The Hall–Kier alpha value is -0.810. The largest absolute Gasteiger partial charge is 0.444 e. The van der Waals surface area contributed by atoms with Crippen LogP contribution in [0.5, 0.6) is 0 Å². The molecule has 1 aliphatic rings. The van der Waals surface area contributed by atoms with Crippen molar-refractivity contribution in [2.45, 2.75) is 25.3 Å². The summed E-state index contributed by atoms with van der Waals surface area (Å²) in [7, 11) is 1.86. The maximum absolute atomic E-state index is 12.2. The van der Waals surface area contributed by atoms with Crippen molar-refractivity contribution >= 4 is 21.8 Å². The van der Waals surface area contributed by atoms with Gasteiger partial charge in [-0.05, 0) is 60.4 Å². The molecule has 1 unspecified atom stereocenters. The summed E-state index contributed by atoms with van der Waals surface area (Å²) < 4.78 is 5.89. The average molecular weight is 301 g/mol. The Bertz CT molecular complexity index is 384. The predicted molar refractivity (Wildman–Crippen MR) is 69.0 cm³/mol. The number of nitrogens with one attached hydrogen (secondary N) is 1. The minimum Gasteiger partial charge on any atom is -0.444 e. The zero-order valence-corrected chi connectivity index (χ0v) is 11.5. The van der Waals surface area contributed by atoms with Crippen molar-refractivity contribution in [1.29, 1.82) is 0 Å². The Morgan fingerprint density at radius 3 is 3.00 bits per heavy atom. The van der Waals surface area contributed by atoms with Gasteiger partial charge in [0.25, 0.3) is 5.91 Å². The highest BCUT2D eigenvalue weighted by Crippen LogP contribution is 2.19. The summed E-state index contributed by atoms with van der Waals surface area (Å²) in [5, 5.41) is 3.35. The molecule has 0 spiro atoms. The number of amides is 1. The van der Waals surface area contributed by atoms with Crippen molar-refractivity contribution < 1.29 is 9.21 Å². The van der Waals surface area contributed by atoms with E-state index in [1.165, 1.54) is 0 Å². The summed E-state index contributed by atoms with van der Waals surface area (Å²) >= 11 is 3.21. The molecule has 1 aliphatic heterocycles. The quantitative estimate of drug-likeness (QED) is 0.911. The first kappa shape index (κ1) is 12.6. The molecule has 1 saturated heterocycles. The van der Waals surface area contributed by atoms with E-state index in [-0.39, 0.29) is 5.91 Å². The zero-order chi connectivity index (χ0) is 12.3. The lowest BCUT2D eigenvalue weighted by Gasteiger charge is -2.26. The number of carbonyl (C=O) groups excluding carboxylic acids is 1. The fourth-order valence-electron chi connectivity index (χ4n) is 2.16. The third-order valence-electron chi connectivity index (χ3n) is 3.20. The van der Waals surface area contributed by atoms with Crippen molar-refractivity contribution in [3.8, 4) is 0 Å². The molecule has 1 aromatic rings. The Morgan fingerprint density at radius 2 is 2.29 bits per heavy atom. The van der Waals surface area contributed by atoms with Gasteiger partial charge in [-0.25, -0.2) is 0 Å². The summed E-state index contributed by atoms with van der Waals surface area (Å²) in [6, 6.07) is 3.76. The molecule has 0 bridgehead atoms. The first-order valence-electron chi connectivity index (χ1n) is 5.91. The van der Waals surface area contributed by atoms with Gasteiger partial charge in [-0.1, -0.05) is 0 Å². The highest BCUT2D eigenvalue weighted by molar-refractivity contribution is 9.10. The van der Waals surface area contributed by atoms with Crippen LogP contribution in [0.3, 0.4) is 0 Å². The van der Waals surface area contributed by atoms with Gasteiger partial charge >= 0.3 is 0 Å². The minimum absolute atomic E-state index is 0.0393. The van der Waals surface area contributed by atoms with Gasteiger partial charge in [0.2, 0.25) is 0 Å². The minimum atomic E-state index is -0.0393. The number of hydrogen-bond donors (Lipinski definition) is 1. The number of furan rings is 1. The van der Waals surface area contributed by atoms with E-state index < -0.39 is 0 Å². The summed E-state index contributed by atoms with van der Waals surface area (Å²) in [5.41, 5.74) is 0. The Balaban J connectivity index is 2.03. The van der Waals surface area contributed by atoms with Crippen molar-refractivity contribution in [1.82, 2.24) is 10.2 Å². The molecular formula is C12H17BrN2O2. The van der Waals surface area contributed by atoms with Crippen LogP contribution in [-0.4, -0.2) is 37.0 Å². The molecule has 94 valence electrons. The molecular weight excluding hydrogens is 284 g/mol. The van der Waals surface area contributed by atoms with Crippen LogP contribution < -0.4 is 5.32 Å². The van der Waals surface area contributed by atoms with E-state index in [4.69, 9.17) is 4.42 Å². The van der Waals surface area contributed by atoms with E-state index in [1.807, 2.05) is 7.05 Å². The standard InChI is InChI=1S/C12H17BrN2O2/c1-15(9-3-2-7-14-8-6-9)12(16)10-4-5-11(13)17-10/h4-5,9,14H,2-3,6-8H2,1H3. The van der Waals surface area contributed by atoms with E-state index in [2.05, 4.69) is 21.2 Å². The highest BCUT2D eigenvalue weighted by Gasteiger charge is 2.23. The van der Waals surface area contributed by atoms with Crippen LogP contribution in [0.4, 0.5) is 0 Å². The molecule has 4 nitrogen and oxygen atoms in total. The van der Waals surface area contributed by atoms with E-state index in [9.17, 15) is 4.79 Å². The summed E-state index contributed by atoms with van der Waals surface area (Å²) in [4.78, 5) is 14.0. The maximum atomic E-state index is 12.2. The Kier molecular flexibility index (Phi) is 4.23. The van der Waals surface area contributed by atoms with Crippen LogP contribution in [-0.2, 0) is 0 Å². The van der Waals surface area contributed by atoms with Crippen LogP contribution in [0.1, 0.15) is 29.8 Å².